The molecule has 1 aromatic carbocycles. The Bertz CT molecular complexity index is 745. The number of likely N-dealkylation sites (tertiary alicyclic amines) is 1. The Morgan fingerprint density at radius 3 is 2.42 bits per heavy atom. The molecule has 2 N–H and O–H groups in total. The third-order valence-electron chi connectivity index (χ3n) is 6.40. The van der Waals surface area contributed by atoms with E-state index in [9.17, 15) is 4.79 Å². The van der Waals surface area contributed by atoms with Crippen LogP contribution in [0, 0.1) is 0 Å². The highest BCUT2D eigenvalue weighted by Gasteiger charge is 2.34. The summed E-state index contributed by atoms with van der Waals surface area (Å²) in [5.41, 5.74) is 1.24. The number of piperidine rings is 1. The Labute approximate surface area is 214 Å². The number of methoxy groups -OCH3 is 1. The van der Waals surface area contributed by atoms with Crippen molar-refractivity contribution < 1.29 is 19.0 Å². The molecule has 0 saturated carbocycles. The molecule has 2 heterocycles. The highest BCUT2D eigenvalue weighted by atomic mass is 127. The van der Waals surface area contributed by atoms with Crippen LogP contribution in [0.1, 0.15) is 45.1 Å². The maximum absolute atomic E-state index is 11.9. The number of nitrogens with zero attached hydrogens (tertiary/aromatic N) is 2. The van der Waals surface area contributed by atoms with Gasteiger partial charge >= 0.3 is 6.09 Å². The van der Waals surface area contributed by atoms with E-state index >= 15 is 0 Å². The van der Waals surface area contributed by atoms with Crippen molar-refractivity contribution in [2.24, 2.45) is 4.99 Å². The molecule has 8 nitrogen and oxygen atoms in total. The van der Waals surface area contributed by atoms with Crippen molar-refractivity contribution in [3.05, 3.63) is 29.8 Å². The van der Waals surface area contributed by atoms with Crippen LogP contribution in [0.4, 0.5) is 4.79 Å². The first-order valence-electron chi connectivity index (χ1n) is 11.8. The van der Waals surface area contributed by atoms with E-state index in [4.69, 9.17) is 19.2 Å². The fourth-order valence-corrected chi connectivity index (χ4v) is 4.41. The molecule has 0 aliphatic carbocycles. The Hall–Kier alpha value is -1.75. The predicted octanol–water partition coefficient (Wildman–Crippen LogP) is 3.54. The van der Waals surface area contributed by atoms with Crippen molar-refractivity contribution in [3.8, 4) is 5.75 Å². The molecule has 1 aromatic rings. The first-order valence-corrected chi connectivity index (χ1v) is 11.8. The molecule has 2 fully saturated rings. The minimum absolute atomic E-state index is 0. The number of hydrogen-bond acceptors (Lipinski definition) is 5. The van der Waals surface area contributed by atoms with Crippen LogP contribution in [0.2, 0.25) is 0 Å². The standard InChI is InChI=1S/C24H38N4O4.HI/c1-4-25-22(27-20-10-14-28(15-11-20)23(29)32-5-2)26-18-24(12-16-31-17-13-24)19-6-8-21(30-3)9-7-19;/h6-9,20H,4-5,10-18H2,1-3H3,(H2,25,26,27);1H. The normalized spacial score (nSPS) is 18.8. The summed E-state index contributed by atoms with van der Waals surface area (Å²) in [6, 6.07) is 8.65. The van der Waals surface area contributed by atoms with Crippen molar-refractivity contribution in [2.75, 3.05) is 53.1 Å². The van der Waals surface area contributed by atoms with E-state index in [2.05, 4.69) is 29.7 Å². The van der Waals surface area contributed by atoms with E-state index in [0.717, 1.165) is 57.2 Å². The second-order valence-electron chi connectivity index (χ2n) is 8.42. The largest absolute Gasteiger partial charge is 0.497 e. The lowest BCUT2D eigenvalue weighted by Gasteiger charge is -2.37. The van der Waals surface area contributed by atoms with E-state index < -0.39 is 0 Å². The molecule has 0 bridgehead atoms. The summed E-state index contributed by atoms with van der Waals surface area (Å²) in [6.45, 7) is 8.71. The molecular formula is C24H39IN4O4. The number of ether oxygens (including phenoxy) is 3. The molecule has 2 aliphatic heterocycles. The minimum Gasteiger partial charge on any atom is -0.497 e. The zero-order chi connectivity index (χ0) is 22.8. The van der Waals surface area contributed by atoms with Crippen LogP contribution in [0.15, 0.2) is 29.3 Å². The van der Waals surface area contributed by atoms with Gasteiger partial charge in [-0.15, -0.1) is 24.0 Å². The molecule has 1 amide bonds. The number of guanidine groups is 1. The molecule has 0 radical (unpaired) electrons. The summed E-state index contributed by atoms with van der Waals surface area (Å²) in [5, 5.41) is 6.98. The number of rotatable bonds is 7. The third kappa shape index (κ3) is 7.63. The maximum atomic E-state index is 11.9. The highest BCUT2D eigenvalue weighted by Crippen LogP contribution is 2.36. The van der Waals surface area contributed by atoms with Crippen LogP contribution in [-0.2, 0) is 14.9 Å². The van der Waals surface area contributed by atoms with E-state index in [1.165, 1.54) is 5.56 Å². The van der Waals surface area contributed by atoms with Crippen LogP contribution >= 0.6 is 24.0 Å². The van der Waals surface area contributed by atoms with Crippen LogP contribution in [0.5, 0.6) is 5.75 Å². The van der Waals surface area contributed by atoms with Gasteiger partial charge in [-0.2, -0.15) is 0 Å². The quantitative estimate of drug-likeness (QED) is 0.295. The van der Waals surface area contributed by atoms with Gasteiger partial charge in [-0.05, 0) is 57.2 Å². The molecule has 186 valence electrons. The zero-order valence-electron chi connectivity index (χ0n) is 20.1. The topological polar surface area (TPSA) is 84.4 Å². The molecule has 9 heteroatoms. The maximum Gasteiger partial charge on any atom is 0.409 e. The van der Waals surface area contributed by atoms with Crippen molar-refractivity contribution >= 4 is 36.0 Å². The van der Waals surface area contributed by atoms with Crippen LogP contribution in [0.25, 0.3) is 0 Å². The van der Waals surface area contributed by atoms with Crippen molar-refractivity contribution in [2.45, 2.75) is 51.0 Å². The van der Waals surface area contributed by atoms with Crippen LogP contribution < -0.4 is 15.4 Å². The molecule has 3 rings (SSSR count). The van der Waals surface area contributed by atoms with Gasteiger partial charge in [0.05, 0.1) is 20.3 Å². The zero-order valence-corrected chi connectivity index (χ0v) is 22.4. The number of carbonyl (C=O) groups is 1. The minimum atomic E-state index is -0.215. The lowest BCUT2D eigenvalue weighted by Crippen LogP contribution is -2.50. The lowest BCUT2D eigenvalue weighted by atomic mass is 9.74. The lowest BCUT2D eigenvalue weighted by molar-refractivity contribution is 0.0530. The van der Waals surface area contributed by atoms with Gasteiger partial charge < -0.3 is 29.7 Å². The molecule has 0 spiro atoms. The van der Waals surface area contributed by atoms with Gasteiger partial charge in [0.2, 0.25) is 0 Å². The monoisotopic (exact) mass is 574 g/mol. The van der Waals surface area contributed by atoms with Crippen LogP contribution in [0.3, 0.4) is 0 Å². The van der Waals surface area contributed by atoms with Gasteiger partial charge in [0.1, 0.15) is 5.75 Å². The van der Waals surface area contributed by atoms with Gasteiger partial charge in [-0.25, -0.2) is 4.79 Å². The number of amides is 1. The Morgan fingerprint density at radius 2 is 1.85 bits per heavy atom. The summed E-state index contributed by atoms with van der Waals surface area (Å²) < 4.78 is 16.1. The van der Waals surface area contributed by atoms with E-state index in [1.54, 1.807) is 12.0 Å². The second-order valence-corrected chi connectivity index (χ2v) is 8.42. The average Bonchev–Trinajstić information content (AvgIpc) is 2.84. The summed E-state index contributed by atoms with van der Waals surface area (Å²) in [6.07, 6.45) is 3.43. The van der Waals surface area contributed by atoms with Gasteiger partial charge in [0.25, 0.3) is 0 Å². The number of benzene rings is 1. The smallest absolute Gasteiger partial charge is 0.409 e. The summed E-state index contributed by atoms with van der Waals surface area (Å²) in [5.74, 6) is 1.70. The predicted molar refractivity (Wildman–Crippen MR) is 141 cm³/mol. The Kier molecular flexibility index (Phi) is 11.5. The van der Waals surface area contributed by atoms with Gasteiger partial charge in [-0.1, -0.05) is 12.1 Å². The first-order chi connectivity index (χ1) is 15.6. The molecule has 33 heavy (non-hydrogen) atoms. The Morgan fingerprint density at radius 1 is 1.18 bits per heavy atom. The second kappa shape index (κ2) is 13.8. The summed E-state index contributed by atoms with van der Waals surface area (Å²) in [4.78, 5) is 18.7. The fourth-order valence-electron chi connectivity index (χ4n) is 4.41. The molecule has 0 atom stereocenters. The number of aliphatic imine (C=N–C) groups is 1. The average molecular weight is 575 g/mol. The van der Waals surface area contributed by atoms with Crippen LogP contribution in [-0.4, -0.2) is 76.1 Å². The number of carbonyl (C=O) groups excluding carboxylic acids is 1. The Balaban J connectivity index is 0.00000385. The van der Waals surface area contributed by atoms with Crippen molar-refractivity contribution in [1.29, 1.82) is 0 Å². The number of halogens is 1. The fraction of sp³-hybridized carbons (Fsp3) is 0.667. The van der Waals surface area contributed by atoms with Crippen molar-refractivity contribution in [1.82, 2.24) is 15.5 Å². The molecule has 2 saturated heterocycles. The summed E-state index contributed by atoms with van der Waals surface area (Å²) in [7, 11) is 1.69. The van der Waals surface area contributed by atoms with E-state index in [1.807, 2.05) is 19.1 Å². The highest BCUT2D eigenvalue weighted by molar-refractivity contribution is 14.0. The van der Waals surface area contributed by atoms with Gasteiger partial charge in [-0.3, -0.25) is 4.99 Å². The van der Waals surface area contributed by atoms with E-state index in [-0.39, 0.29) is 41.5 Å². The van der Waals surface area contributed by atoms with Crippen molar-refractivity contribution in [3.63, 3.8) is 0 Å². The number of nitrogens with one attached hydrogen (secondary N) is 2. The molecule has 0 aromatic heterocycles. The number of hydrogen-bond donors (Lipinski definition) is 2. The first kappa shape index (κ1) is 27.5. The summed E-state index contributed by atoms with van der Waals surface area (Å²) >= 11 is 0. The SMILES string of the molecule is CCNC(=NCC1(c2ccc(OC)cc2)CCOCC1)NC1CCN(C(=O)OCC)CC1.I. The van der Waals surface area contributed by atoms with Gasteiger partial charge in [0, 0.05) is 44.3 Å². The molecule has 2 aliphatic rings. The van der Waals surface area contributed by atoms with E-state index in [0.29, 0.717) is 26.2 Å². The molecule has 0 unspecified atom stereocenters. The molecular weight excluding hydrogens is 535 g/mol. The van der Waals surface area contributed by atoms with Gasteiger partial charge in [0.15, 0.2) is 5.96 Å². The third-order valence-corrected chi connectivity index (χ3v) is 6.40.